The van der Waals surface area contributed by atoms with Crippen molar-refractivity contribution in [1.29, 1.82) is 0 Å². The maximum absolute atomic E-state index is 12.6. The molecule has 1 aromatic heterocycles. The summed E-state index contributed by atoms with van der Waals surface area (Å²) in [5, 5.41) is 0. The SMILES string of the molecule is Cc1cc(Br)ccc1SCC(=O)N1CCn2cccc2C1C. The van der Waals surface area contributed by atoms with Crippen molar-refractivity contribution in [2.75, 3.05) is 12.3 Å². The summed E-state index contributed by atoms with van der Waals surface area (Å²) in [6, 6.07) is 10.5. The number of fused-ring (bicyclic) bond motifs is 1. The van der Waals surface area contributed by atoms with Gasteiger partial charge < -0.3 is 9.47 Å². The first-order valence-electron chi connectivity index (χ1n) is 7.39. The summed E-state index contributed by atoms with van der Waals surface area (Å²) >= 11 is 5.10. The van der Waals surface area contributed by atoms with Crippen LogP contribution in [-0.2, 0) is 11.3 Å². The lowest BCUT2D eigenvalue weighted by Gasteiger charge is -2.35. The zero-order chi connectivity index (χ0) is 15.7. The van der Waals surface area contributed by atoms with Gasteiger partial charge >= 0.3 is 0 Å². The minimum atomic E-state index is 0.155. The van der Waals surface area contributed by atoms with E-state index in [0.29, 0.717) is 5.75 Å². The largest absolute Gasteiger partial charge is 0.348 e. The standard InChI is InChI=1S/C17H19BrN2OS/c1-12-10-14(18)5-6-16(12)22-11-17(21)20-9-8-19-7-3-4-15(19)13(20)2/h3-7,10,13H,8-9,11H2,1-2H3. The molecule has 1 unspecified atom stereocenters. The van der Waals surface area contributed by atoms with E-state index in [2.05, 4.69) is 64.8 Å². The molecule has 0 fully saturated rings. The number of hydrogen-bond acceptors (Lipinski definition) is 2. The highest BCUT2D eigenvalue weighted by molar-refractivity contribution is 9.10. The van der Waals surface area contributed by atoms with E-state index < -0.39 is 0 Å². The van der Waals surface area contributed by atoms with Gasteiger partial charge in [-0.25, -0.2) is 0 Å². The predicted octanol–water partition coefficient (Wildman–Crippen LogP) is 4.25. The average molecular weight is 379 g/mol. The van der Waals surface area contributed by atoms with E-state index in [1.54, 1.807) is 11.8 Å². The van der Waals surface area contributed by atoms with Crippen LogP contribution in [0.4, 0.5) is 0 Å². The van der Waals surface area contributed by atoms with Crippen molar-refractivity contribution < 1.29 is 4.79 Å². The van der Waals surface area contributed by atoms with Gasteiger partial charge in [0.2, 0.25) is 5.91 Å². The number of thioether (sulfide) groups is 1. The van der Waals surface area contributed by atoms with Crippen molar-refractivity contribution in [3.63, 3.8) is 0 Å². The van der Waals surface area contributed by atoms with Crippen molar-refractivity contribution in [2.24, 2.45) is 0 Å². The van der Waals surface area contributed by atoms with E-state index in [-0.39, 0.29) is 11.9 Å². The molecule has 1 amide bonds. The number of nitrogens with zero attached hydrogens (tertiary/aromatic N) is 2. The van der Waals surface area contributed by atoms with Gasteiger partial charge in [0.1, 0.15) is 0 Å². The lowest BCUT2D eigenvalue weighted by atomic mass is 10.1. The van der Waals surface area contributed by atoms with E-state index in [4.69, 9.17) is 0 Å². The minimum Gasteiger partial charge on any atom is -0.348 e. The Kier molecular flexibility index (Phi) is 4.64. The Morgan fingerprint density at radius 1 is 1.36 bits per heavy atom. The number of amides is 1. The molecular weight excluding hydrogens is 360 g/mol. The molecule has 1 aromatic carbocycles. The summed E-state index contributed by atoms with van der Waals surface area (Å²) in [5.74, 6) is 0.709. The molecule has 0 aliphatic carbocycles. The molecule has 0 radical (unpaired) electrons. The summed E-state index contributed by atoms with van der Waals surface area (Å²) in [4.78, 5) is 15.7. The van der Waals surface area contributed by atoms with E-state index in [9.17, 15) is 4.79 Å². The fourth-order valence-corrected chi connectivity index (χ4v) is 4.29. The molecule has 0 saturated carbocycles. The lowest BCUT2D eigenvalue weighted by molar-refractivity contribution is -0.131. The molecule has 1 aliphatic heterocycles. The summed E-state index contributed by atoms with van der Waals surface area (Å²) in [6.45, 7) is 5.87. The molecule has 116 valence electrons. The second-order valence-electron chi connectivity index (χ2n) is 5.59. The molecular formula is C17H19BrN2OS. The van der Waals surface area contributed by atoms with Crippen molar-refractivity contribution in [3.05, 3.63) is 52.3 Å². The van der Waals surface area contributed by atoms with Gasteiger partial charge in [0.15, 0.2) is 0 Å². The maximum Gasteiger partial charge on any atom is 0.233 e. The van der Waals surface area contributed by atoms with Gasteiger partial charge in [0, 0.05) is 34.3 Å². The number of halogens is 1. The Hall–Kier alpha value is -1.20. The maximum atomic E-state index is 12.6. The summed E-state index contributed by atoms with van der Waals surface area (Å²) in [7, 11) is 0. The van der Waals surface area contributed by atoms with Crippen molar-refractivity contribution in [3.8, 4) is 0 Å². The first-order valence-corrected chi connectivity index (χ1v) is 9.17. The highest BCUT2D eigenvalue weighted by Crippen LogP contribution is 2.29. The summed E-state index contributed by atoms with van der Waals surface area (Å²) in [6.07, 6.45) is 2.09. The Labute approximate surface area is 143 Å². The summed E-state index contributed by atoms with van der Waals surface area (Å²) in [5.41, 5.74) is 2.43. The quantitative estimate of drug-likeness (QED) is 0.745. The van der Waals surface area contributed by atoms with Crippen molar-refractivity contribution >= 4 is 33.6 Å². The normalized spacial score (nSPS) is 17.4. The van der Waals surface area contributed by atoms with Crippen LogP contribution in [0.2, 0.25) is 0 Å². The van der Waals surface area contributed by atoms with Gasteiger partial charge in [-0.05, 0) is 49.7 Å². The van der Waals surface area contributed by atoms with Crippen LogP contribution >= 0.6 is 27.7 Å². The number of benzene rings is 1. The highest BCUT2D eigenvalue weighted by Gasteiger charge is 2.27. The van der Waals surface area contributed by atoms with Gasteiger partial charge in [0.05, 0.1) is 11.8 Å². The summed E-state index contributed by atoms with van der Waals surface area (Å²) < 4.78 is 3.31. The molecule has 5 heteroatoms. The van der Waals surface area contributed by atoms with Crippen LogP contribution < -0.4 is 0 Å². The topological polar surface area (TPSA) is 25.2 Å². The molecule has 0 bridgehead atoms. The second-order valence-corrected chi connectivity index (χ2v) is 7.52. The zero-order valence-corrected chi connectivity index (χ0v) is 15.2. The Bertz CT molecular complexity index is 698. The number of carbonyl (C=O) groups excluding carboxylic acids is 1. The fraction of sp³-hybridized carbons (Fsp3) is 0.353. The van der Waals surface area contributed by atoms with Gasteiger partial charge in [-0.15, -0.1) is 11.8 Å². The fourth-order valence-electron chi connectivity index (χ4n) is 2.92. The first kappa shape index (κ1) is 15.7. The predicted molar refractivity (Wildman–Crippen MR) is 94.2 cm³/mol. The van der Waals surface area contributed by atoms with E-state index in [1.807, 2.05) is 11.0 Å². The first-order chi connectivity index (χ1) is 10.6. The number of aryl methyl sites for hydroxylation is 1. The molecule has 2 heterocycles. The number of carbonyl (C=O) groups is 1. The monoisotopic (exact) mass is 378 g/mol. The third kappa shape index (κ3) is 3.10. The number of hydrogen-bond donors (Lipinski definition) is 0. The molecule has 0 N–H and O–H groups in total. The minimum absolute atomic E-state index is 0.155. The smallest absolute Gasteiger partial charge is 0.233 e. The van der Waals surface area contributed by atoms with Gasteiger partial charge in [-0.2, -0.15) is 0 Å². The zero-order valence-electron chi connectivity index (χ0n) is 12.8. The Morgan fingerprint density at radius 2 is 2.18 bits per heavy atom. The van der Waals surface area contributed by atoms with Crippen molar-refractivity contribution in [2.45, 2.75) is 31.3 Å². The van der Waals surface area contributed by atoms with Crippen LogP contribution in [0.3, 0.4) is 0 Å². The van der Waals surface area contributed by atoms with Crippen LogP contribution in [0.15, 0.2) is 45.9 Å². The molecule has 3 rings (SSSR count). The van der Waals surface area contributed by atoms with E-state index >= 15 is 0 Å². The van der Waals surface area contributed by atoms with E-state index in [1.165, 1.54) is 16.2 Å². The second kappa shape index (κ2) is 6.50. The molecule has 1 aliphatic rings. The highest BCUT2D eigenvalue weighted by atomic mass is 79.9. The van der Waals surface area contributed by atoms with Crippen LogP contribution in [-0.4, -0.2) is 27.7 Å². The molecule has 3 nitrogen and oxygen atoms in total. The van der Waals surface area contributed by atoms with Gasteiger partial charge in [-0.1, -0.05) is 15.9 Å². The Morgan fingerprint density at radius 3 is 2.95 bits per heavy atom. The molecule has 22 heavy (non-hydrogen) atoms. The van der Waals surface area contributed by atoms with Gasteiger partial charge in [-0.3, -0.25) is 4.79 Å². The van der Waals surface area contributed by atoms with Crippen LogP contribution in [0.25, 0.3) is 0 Å². The van der Waals surface area contributed by atoms with Gasteiger partial charge in [0.25, 0.3) is 0 Å². The lowest BCUT2D eigenvalue weighted by Crippen LogP contribution is -2.41. The van der Waals surface area contributed by atoms with Crippen molar-refractivity contribution in [1.82, 2.24) is 9.47 Å². The molecule has 0 spiro atoms. The number of aromatic nitrogens is 1. The molecule has 1 atom stereocenters. The van der Waals surface area contributed by atoms with Crippen LogP contribution in [0, 0.1) is 6.92 Å². The third-order valence-electron chi connectivity index (χ3n) is 4.15. The van der Waals surface area contributed by atoms with E-state index in [0.717, 1.165) is 17.6 Å². The van der Waals surface area contributed by atoms with Crippen LogP contribution in [0.5, 0.6) is 0 Å². The number of rotatable bonds is 3. The molecule has 2 aromatic rings. The average Bonchev–Trinajstić information content (AvgIpc) is 2.96. The molecule has 0 saturated heterocycles. The third-order valence-corrected chi connectivity index (χ3v) is 5.80. The Balaban J connectivity index is 1.65. The van der Waals surface area contributed by atoms with Crippen LogP contribution in [0.1, 0.15) is 24.2 Å².